The van der Waals surface area contributed by atoms with Gasteiger partial charge in [0, 0.05) is 25.4 Å². The normalized spacial score (nSPS) is 12.6. The highest BCUT2D eigenvalue weighted by atomic mass is 15.3. The van der Waals surface area contributed by atoms with E-state index < -0.39 is 0 Å². The number of hydrogen-bond acceptors (Lipinski definition) is 4. The third-order valence-electron chi connectivity index (χ3n) is 3.41. The quantitative estimate of drug-likeness (QED) is 0.874. The maximum atomic E-state index is 4.54. The van der Waals surface area contributed by atoms with Crippen molar-refractivity contribution in [1.29, 1.82) is 0 Å². The molecule has 20 heavy (non-hydrogen) atoms. The van der Waals surface area contributed by atoms with Crippen molar-refractivity contribution in [3.8, 4) is 0 Å². The Labute approximate surface area is 120 Å². The second-order valence-electron chi connectivity index (χ2n) is 4.95. The van der Waals surface area contributed by atoms with Crippen molar-refractivity contribution in [1.82, 2.24) is 25.1 Å². The highest BCUT2D eigenvalue weighted by Crippen LogP contribution is 2.17. The summed E-state index contributed by atoms with van der Waals surface area (Å²) in [5, 5.41) is 8.01. The van der Waals surface area contributed by atoms with E-state index in [0.29, 0.717) is 0 Å². The molecule has 0 saturated heterocycles. The van der Waals surface area contributed by atoms with Gasteiger partial charge in [-0.2, -0.15) is 5.10 Å². The van der Waals surface area contributed by atoms with Gasteiger partial charge in [-0.25, -0.2) is 9.97 Å². The monoisotopic (exact) mass is 273 g/mol. The summed E-state index contributed by atoms with van der Waals surface area (Å²) in [4.78, 5) is 8.71. The molecule has 0 aliphatic rings. The highest BCUT2D eigenvalue weighted by molar-refractivity contribution is 5.16. The van der Waals surface area contributed by atoms with Gasteiger partial charge in [0.25, 0.3) is 0 Å². The van der Waals surface area contributed by atoms with E-state index in [-0.39, 0.29) is 6.04 Å². The van der Waals surface area contributed by atoms with Crippen molar-refractivity contribution in [3.05, 3.63) is 41.2 Å². The lowest BCUT2D eigenvalue weighted by Crippen LogP contribution is -2.25. The Kier molecular flexibility index (Phi) is 4.84. The van der Waals surface area contributed by atoms with Gasteiger partial charge in [-0.15, -0.1) is 0 Å². The van der Waals surface area contributed by atoms with Crippen LogP contribution in [0.4, 0.5) is 0 Å². The lowest BCUT2D eigenvalue weighted by Gasteiger charge is -2.17. The Hall–Kier alpha value is -1.75. The van der Waals surface area contributed by atoms with Crippen molar-refractivity contribution in [3.63, 3.8) is 0 Å². The summed E-state index contributed by atoms with van der Waals surface area (Å²) < 4.78 is 1.97. The van der Waals surface area contributed by atoms with Gasteiger partial charge in [-0.3, -0.25) is 4.68 Å². The van der Waals surface area contributed by atoms with Crippen LogP contribution < -0.4 is 5.32 Å². The van der Waals surface area contributed by atoms with Crippen LogP contribution in [0.15, 0.2) is 18.3 Å². The summed E-state index contributed by atoms with van der Waals surface area (Å²) in [7, 11) is 2.00. The fourth-order valence-electron chi connectivity index (χ4n) is 2.34. The van der Waals surface area contributed by atoms with E-state index in [0.717, 1.165) is 36.6 Å². The molecule has 0 aliphatic heterocycles. The van der Waals surface area contributed by atoms with Crippen LogP contribution >= 0.6 is 0 Å². The van der Waals surface area contributed by atoms with E-state index >= 15 is 0 Å². The molecule has 1 atom stereocenters. The molecule has 2 rings (SSSR count). The molecule has 0 aliphatic carbocycles. The summed E-state index contributed by atoms with van der Waals surface area (Å²) in [5.41, 5.74) is 3.40. The molecule has 5 heteroatoms. The first-order valence-electron chi connectivity index (χ1n) is 7.18. The van der Waals surface area contributed by atoms with E-state index in [1.165, 1.54) is 5.69 Å². The molecular weight excluding hydrogens is 250 g/mol. The molecule has 1 unspecified atom stereocenters. The first-order chi connectivity index (χ1) is 9.63. The zero-order valence-corrected chi connectivity index (χ0v) is 12.7. The summed E-state index contributed by atoms with van der Waals surface area (Å²) in [6.07, 6.45) is 3.67. The molecule has 2 aromatic heterocycles. The number of aryl methyl sites for hydroxylation is 3. The van der Waals surface area contributed by atoms with Crippen LogP contribution in [0.25, 0.3) is 0 Å². The van der Waals surface area contributed by atoms with Gasteiger partial charge in [0.05, 0.1) is 17.4 Å². The van der Waals surface area contributed by atoms with E-state index in [1.54, 1.807) is 0 Å². The SMILES string of the molecule is CCNC(Cc1cc(CC)nn1C)c1ccnc(C)n1. The number of aromatic nitrogens is 4. The van der Waals surface area contributed by atoms with Crippen LogP contribution in [-0.2, 0) is 19.9 Å². The minimum absolute atomic E-state index is 0.196. The molecule has 0 amide bonds. The van der Waals surface area contributed by atoms with Gasteiger partial charge in [0.2, 0.25) is 0 Å². The molecular formula is C15H23N5. The van der Waals surface area contributed by atoms with Gasteiger partial charge < -0.3 is 5.32 Å². The molecule has 108 valence electrons. The molecule has 0 radical (unpaired) electrons. The molecule has 2 aromatic rings. The number of nitrogens with one attached hydrogen (secondary N) is 1. The number of rotatable bonds is 6. The Morgan fingerprint density at radius 3 is 2.75 bits per heavy atom. The van der Waals surface area contributed by atoms with Crippen LogP contribution in [0.3, 0.4) is 0 Å². The zero-order valence-electron chi connectivity index (χ0n) is 12.7. The molecule has 2 heterocycles. The minimum Gasteiger partial charge on any atom is -0.309 e. The largest absolute Gasteiger partial charge is 0.309 e. The van der Waals surface area contributed by atoms with Gasteiger partial charge in [-0.05, 0) is 32.0 Å². The standard InChI is InChI=1S/C15H23N5/c1-5-12-9-13(20(4)19-12)10-15(16-6-2)14-7-8-17-11(3)18-14/h7-9,15-16H,5-6,10H2,1-4H3. The fraction of sp³-hybridized carbons (Fsp3) is 0.533. The van der Waals surface area contributed by atoms with E-state index in [2.05, 4.69) is 40.3 Å². The van der Waals surface area contributed by atoms with Crippen molar-refractivity contribution in [2.75, 3.05) is 6.54 Å². The van der Waals surface area contributed by atoms with Crippen LogP contribution in [0.2, 0.25) is 0 Å². The van der Waals surface area contributed by atoms with Crippen molar-refractivity contribution in [2.45, 2.75) is 39.7 Å². The fourth-order valence-corrected chi connectivity index (χ4v) is 2.34. The van der Waals surface area contributed by atoms with Gasteiger partial charge in [0.1, 0.15) is 5.82 Å². The van der Waals surface area contributed by atoms with E-state index in [1.807, 2.05) is 30.9 Å². The predicted molar refractivity (Wildman–Crippen MR) is 79.5 cm³/mol. The molecule has 5 nitrogen and oxygen atoms in total. The van der Waals surface area contributed by atoms with Gasteiger partial charge in [-0.1, -0.05) is 13.8 Å². The Morgan fingerprint density at radius 2 is 2.15 bits per heavy atom. The third-order valence-corrected chi connectivity index (χ3v) is 3.41. The summed E-state index contributed by atoms with van der Waals surface area (Å²) >= 11 is 0. The zero-order chi connectivity index (χ0) is 14.5. The average molecular weight is 273 g/mol. The van der Waals surface area contributed by atoms with Crippen molar-refractivity contribution >= 4 is 0 Å². The van der Waals surface area contributed by atoms with Crippen molar-refractivity contribution < 1.29 is 0 Å². The molecule has 0 saturated carbocycles. The summed E-state index contributed by atoms with van der Waals surface area (Å²) in [6.45, 7) is 7.07. The lowest BCUT2D eigenvalue weighted by molar-refractivity contribution is 0.515. The Morgan fingerprint density at radius 1 is 1.35 bits per heavy atom. The maximum Gasteiger partial charge on any atom is 0.125 e. The van der Waals surface area contributed by atoms with E-state index in [4.69, 9.17) is 0 Å². The molecule has 0 aromatic carbocycles. The van der Waals surface area contributed by atoms with Crippen LogP contribution in [0.1, 0.15) is 42.8 Å². The Bertz CT molecular complexity index is 561. The first kappa shape index (κ1) is 14.7. The van der Waals surface area contributed by atoms with Gasteiger partial charge >= 0.3 is 0 Å². The number of likely N-dealkylation sites (N-methyl/N-ethyl adjacent to an activating group) is 1. The van der Waals surface area contributed by atoms with Crippen LogP contribution in [-0.4, -0.2) is 26.3 Å². The highest BCUT2D eigenvalue weighted by Gasteiger charge is 2.15. The summed E-state index contributed by atoms with van der Waals surface area (Å²) in [6, 6.07) is 4.36. The van der Waals surface area contributed by atoms with Crippen molar-refractivity contribution in [2.24, 2.45) is 7.05 Å². The first-order valence-corrected chi connectivity index (χ1v) is 7.18. The Balaban J connectivity index is 2.22. The maximum absolute atomic E-state index is 4.54. The number of hydrogen-bond donors (Lipinski definition) is 1. The minimum atomic E-state index is 0.196. The van der Waals surface area contributed by atoms with Gasteiger partial charge in [0.15, 0.2) is 0 Å². The molecule has 0 fully saturated rings. The van der Waals surface area contributed by atoms with Crippen LogP contribution in [0.5, 0.6) is 0 Å². The smallest absolute Gasteiger partial charge is 0.125 e. The summed E-state index contributed by atoms with van der Waals surface area (Å²) in [5.74, 6) is 0.810. The second kappa shape index (κ2) is 6.61. The number of nitrogens with zero attached hydrogens (tertiary/aromatic N) is 4. The third kappa shape index (κ3) is 3.42. The average Bonchev–Trinajstić information content (AvgIpc) is 2.79. The van der Waals surface area contributed by atoms with Crippen LogP contribution in [0, 0.1) is 6.92 Å². The molecule has 1 N–H and O–H groups in total. The lowest BCUT2D eigenvalue weighted by atomic mass is 10.1. The second-order valence-corrected chi connectivity index (χ2v) is 4.95. The predicted octanol–water partition coefficient (Wildman–Crippen LogP) is 1.97. The van der Waals surface area contributed by atoms with E-state index in [9.17, 15) is 0 Å². The molecule has 0 bridgehead atoms. The molecule has 0 spiro atoms. The topological polar surface area (TPSA) is 55.6 Å².